The summed E-state index contributed by atoms with van der Waals surface area (Å²) in [5, 5.41) is 4.29. The molecule has 0 saturated carbocycles. The summed E-state index contributed by atoms with van der Waals surface area (Å²) in [4.78, 5) is 35.4. The first kappa shape index (κ1) is 16.5. The number of ether oxygens (including phenoxy) is 1. The van der Waals surface area contributed by atoms with Crippen LogP contribution in [-0.4, -0.2) is 24.4 Å². The number of benzene rings is 1. The fourth-order valence-electron chi connectivity index (χ4n) is 1.49. The minimum Gasteiger partial charge on any atom is -0.452 e. The summed E-state index contributed by atoms with van der Waals surface area (Å²) < 4.78 is 4.80. The third kappa shape index (κ3) is 4.30. The highest BCUT2D eigenvalue weighted by molar-refractivity contribution is 7.12. The summed E-state index contributed by atoms with van der Waals surface area (Å²) in [6.07, 6.45) is 0. The van der Waals surface area contributed by atoms with Crippen molar-refractivity contribution in [3.8, 4) is 0 Å². The van der Waals surface area contributed by atoms with E-state index >= 15 is 0 Å². The van der Waals surface area contributed by atoms with Crippen molar-refractivity contribution in [1.82, 2.24) is 5.32 Å². The number of thiophene rings is 1. The number of hydrogen-bond donors (Lipinski definition) is 1. The van der Waals surface area contributed by atoms with E-state index in [1.165, 1.54) is 29.5 Å². The third-order valence-corrected chi connectivity index (χ3v) is 3.91. The molecule has 1 aromatic heterocycles. The van der Waals surface area contributed by atoms with Crippen LogP contribution in [0, 0.1) is 0 Å². The highest BCUT2D eigenvalue weighted by Crippen LogP contribution is 2.21. The Balaban J connectivity index is 1.89. The minimum atomic E-state index is -0.800. The Kier molecular flexibility index (Phi) is 5.54. The maximum absolute atomic E-state index is 11.8. The standard InChI is InChI=1S/C14H9Cl2NO4S/c15-8-3-4-10(16)9(6-8)14(20)21-7-12(18)17-13(19)11-2-1-5-22-11/h1-6H,7H2,(H,17,18,19). The topological polar surface area (TPSA) is 72.5 Å². The van der Waals surface area contributed by atoms with Gasteiger partial charge in [0, 0.05) is 5.02 Å². The Bertz CT molecular complexity index is 716. The van der Waals surface area contributed by atoms with Crippen LogP contribution in [-0.2, 0) is 9.53 Å². The summed E-state index contributed by atoms with van der Waals surface area (Å²) in [6, 6.07) is 7.56. The molecule has 5 nitrogen and oxygen atoms in total. The molecule has 2 amide bonds. The molecule has 0 atom stereocenters. The van der Waals surface area contributed by atoms with Gasteiger partial charge >= 0.3 is 5.97 Å². The SMILES string of the molecule is O=C(COC(=O)c1cc(Cl)ccc1Cl)NC(=O)c1cccs1. The predicted molar refractivity (Wildman–Crippen MR) is 83.5 cm³/mol. The maximum Gasteiger partial charge on any atom is 0.340 e. The van der Waals surface area contributed by atoms with E-state index in [1.807, 2.05) is 0 Å². The normalized spacial score (nSPS) is 10.1. The monoisotopic (exact) mass is 357 g/mol. The van der Waals surface area contributed by atoms with Crippen molar-refractivity contribution in [2.45, 2.75) is 0 Å². The van der Waals surface area contributed by atoms with Crippen molar-refractivity contribution in [2.75, 3.05) is 6.61 Å². The van der Waals surface area contributed by atoms with Crippen molar-refractivity contribution in [1.29, 1.82) is 0 Å². The van der Waals surface area contributed by atoms with Gasteiger partial charge in [-0.1, -0.05) is 29.3 Å². The molecular weight excluding hydrogens is 349 g/mol. The Morgan fingerprint density at radius 2 is 1.95 bits per heavy atom. The van der Waals surface area contributed by atoms with Crippen molar-refractivity contribution >= 4 is 52.3 Å². The number of amides is 2. The molecule has 0 aliphatic carbocycles. The second-order valence-corrected chi connectivity index (χ2v) is 5.85. The highest BCUT2D eigenvalue weighted by atomic mass is 35.5. The molecule has 2 rings (SSSR count). The number of halogens is 2. The molecule has 2 aromatic rings. The molecule has 0 radical (unpaired) electrons. The number of rotatable bonds is 4. The van der Waals surface area contributed by atoms with Crippen LogP contribution in [0.1, 0.15) is 20.0 Å². The molecule has 8 heteroatoms. The molecule has 1 heterocycles. The molecule has 0 aliphatic heterocycles. The number of esters is 1. The van der Waals surface area contributed by atoms with Gasteiger partial charge in [-0.3, -0.25) is 14.9 Å². The van der Waals surface area contributed by atoms with Gasteiger partial charge in [0.2, 0.25) is 0 Å². The molecule has 1 N–H and O–H groups in total. The van der Waals surface area contributed by atoms with Crippen LogP contribution in [0.2, 0.25) is 10.0 Å². The fourth-order valence-corrected chi connectivity index (χ4v) is 2.48. The van der Waals surface area contributed by atoms with Crippen LogP contribution in [0.4, 0.5) is 0 Å². The van der Waals surface area contributed by atoms with E-state index in [9.17, 15) is 14.4 Å². The number of nitrogens with one attached hydrogen (secondary N) is 1. The molecule has 0 saturated heterocycles. The largest absolute Gasteiger partial charge is 0.452 e. The molecule has 0 aliphatic rings. The lowest BCUT2D eigenvalue weighted by atomic mass is 10.2. The lowest BCUT2D eigenvalue weighted by molar-refractivity contribution is -0.123. The van der Waals surface area contributed by atoms with Crippen LogP contribution < -0.4 is 5.32 Å². The summed E-state index contributed by atoms with van der Waals surface area (Å²) in [5.74, 6) is -2.08. The van der Waals surface area contributed by atoms with E-state index in [-0.39, 0.29) is 10.6 Å². The quantitative estimate of drug-likeness (QED) is 0.853. The van der Waals surface area contributed by atoms with Crippen LogP contribution in [0.15, 0.2) is 35.7 Å². The molecule has 0 fully saturated rings. The number of carbonyl (C=O) groups is 3. The smallest absolute Gasteiger partial charge is 0.340 e. The maximum atomic E-state index is 11.8. The first-order valence-electron chi connectivity index (χ1n) is 5.97. The Morgan fingerprint density at radius 1 is 1.18 bits per heavy atom. The van der Waals surface area contributed by atoms with Crippen molar-refractivity contribution in [3.63, 3.8) is 0 Å². The van der Waals surface area contributed by atoms with Crippen LogP contribution >= 0.6 is 34.5 Å². The Hall–Kier alpha value is -1.89. The second-order valence-electron chi connectivity index (χ2n) is 4.05. The Labute approximate surface area is 139 Å². The van der Waals surface area contributed by atoms with Gasteiger partial charge in [0.1, 0.15) is 0 Å². The van der Waals surface area contributed by atoms with Gasteiger partial charge in [-0.15, -0.1) is 11.3 Å². The lowest BCUT2D eigenvalue weighted by Crippen LogP contribution is -2.33. The molecule has 0 bridgehead atoms. The van der Waals surface area contributed by atoms with Gasteiger partial charge in [0.25, 0.3) is 11.8 Å². The second kappa shape index (κ2) is 7.40. The molecule has 0 spiro atoms. The summed E-state index contributed by atoms with van der Waals surface area (Å²) in [6.45, 7) is -0.598. The highest BCUT2D eigenvalue weighted by Gasteiger charge is 2.16. The van der Waals surface area contributed by atoms with E-state index in [0.717, 1.165) is 0 Å². The van der Waals surface area contributed by atoms with E-state index < -0.39 is 24.4 Å². The van der Waals surface area contributed by atoms with Crippen molar-refractivity contribution in [3.05, 3.63) is 56.2 Å². The minimum absolute atomic E-state index is 0.0477. The third-order valence-electron chi connectivity index (χ3n) is 2.48. The molecule has 22 heavy (non-hydrogen) atoms. The van der Waals surface area contributed by atoms with Gasteiger partial charge in [-0.25, -0.2) is 4.79 Å². The van der Waals surface area contributed by atoms with E-state index in [4.69, 9.17) is 27.9 Å². The average molecular weight is 358 g/mol. The first-order valence-corrected chi connectivity index (χ1v) is 7.61. The molecule has 1 aromatic carbocycles. The van der Waals surface area contributed by atoms with Gasteiger partial charge in [0.15, 0.2) is 6.61 Å². The average Bonchev–Trinajstić information content (AvgIpc) is 3.01. The van der Waals surface area contributed by atoms with Gasteiger partial charge in [0.05, 0.1) is 15.5 Å². The number of imide groups is 1. The summed E-state index contributed by atoms with van der Waals surface area (Å²) in [7, 11) is 0. The van der Waals surface area contributed by atoms with E-state index in [2.05, 4.69) is 5.32 Å². The molecule has 114 valence electrons. The Morgan fingerprint density at radius 3 is 2.64 bits per heavy atom. The zero-order valence-electron chi connectivity index (χ0n) is 11.0. The van der Waals surface area contributed by atoms with Gasteiger partial charge in [-0.2, -0.15) is 0 Å². The fraction of sp³-hybridized carbons (Fsp3) is 0.0714. The summed E-state index contributed by atoms with van der Waals surface area (Å²) in [5.41, 5.74) is 0.0477. The predicted octanol–water partition coefficient (Wildman–Crippen LogP) is 3.17. The summed E-state index contributed by atoms with van der Waals surface area (Å²) >= 11 is 12.8. The van der Waals surface area contributed by atoms with E-state index in [1.54, 1.807) is 17.5 Å². The first-order chi connectivity index (χ1) is 10.5. The molecule has 0 unspecified atom stereocenters. The van der Waals surface area contributed by atoms with Crippen molar-refractivity contribution < 1.29 is 19.1 Å². The zero-order valence-corrected chi connectivity index (χ0v) is 13.3. The van der Waals surface area contributed by atoms with Crippen LogP contribution in [0.25, 0.3) is 0 Å². The van der Waals surface area contributed by atoms with Crippen LogP contribution in [0.3, 0.4) is 0 Å². The zero-order chi connectivity index (χ0) is 16.1. The van der Waals surface area contributed by atoms with Gasteiger partial charge in [-0.05, 0) is 29.6 Å². The van der Waals surface area contributed by atoms with Gasteiger partial charge < -0.3 is 4.74 Å². The number of carbonyl (C=O) groups excluding carboxylic acids is 3. The van der Waals surface area contributed by atoms with Crippen LogP contribution in [0.5, 0.6) is 0 Å². The van der Waals surface area contributed by atoms with E-state index in [0.29, 0.717) is 9.90 Å². The molecular formula is C14H9Cl2NO4S. The lowest BCUT2D eigenvalue weighted by Gasteiger charge is -2.06. The number of hydrogen-bond acceptors (Lipinski definition) is 5. The van der Waals surface area contributed by atoms with Crippen molar-refractivity contribution in [2.24, 2.45) is 0 Å².